The Morgan fingerprint density at radius 3 is 1.22 bits per heavy atom. The van der Waals surface area contributed by atoms with Crippen LogP contribution >= 0.6 is 7.82 Å². The lowest BCUT2D eigenvalue weighted by molar-refractivity contribution is -0.870. The lowest BCUT2D eigenvalue weighted by Crippen LogP contribution is -2.45. The molecule has 0 aromatic heterocycles. The van der Waals surface area contributed by atoms with Gasteiger partial charge in [0, 0.05) is 6.42 Å². The molecule has 0 spiro atoms. The van der Waals surface area contributed by atoms with Crippen LogP contribution in [0.1, 0.15) is 258 Å². The van der Waals surface area contributed by atoms with Crippen molar-refractivity contribution in [3.8, 4) is 0 Å². The van der Waals surface area contributed by atoms with Crippen molar-refractivity contribution in [3.05, 3.63) is 109 Å². The van der Waals surface area contributed by atoms with Crippen molar-refractivity contribution in [1.29, 1.82) is 0 Å². The Morgan fingerprint density at radius 1 is 0.474 bits per heavy atom. The van der Waals surface area contributed by atoms with Gasteiger partial charge in [-0.05, 0) is 96.3 Å². The molecule has 0 aromatic rings. The van der Waals surface area contributed by atoms with E-state index in [4.69, 9.17) is 9.05 Å². The van der Waals surface area contributed by atoms with Gasteiger partial charge in [-0.3, -0.25) is 9.36 Å². The summed E-state index contributed by atoms with van der Waals surface area (Å²) in [5.74, 6) is -0.212. The summed E-state index contributed by atoms with van der Waals surface area (Å²) in [5, 5.41) is 13.8. The highest BCUT2D eigenvalue weighted by Gasteiger charge is 2.23. The number of nitrogens with one attached hydrogen (secondary N) is 1. The highest BCUT2D eigenvalue weighted by Crippen LogP contribution is 2.38. The number of aliphatic hydroxyl groups is 1. The lowest BCUT2D eigenvalue weighted by Gasteiger charge is -2.29. The fraction of sp³-hybridized carbons (Fsp3) is 0.716. The summed E-state index contributed by atoms with van der Waals surface area (Å²) >= 11 is 0. The van der Waals surface area contributed by atoms with E-state index < -0.39 is 26.6 Å². The second-order valence-corrected chi connectivity index (χ2v) is 23.4. The number of carbonyl (C=O) groups excluding carboxylic acids is 1. The first-order valence-electron chi connectivity index (χ1n) is 31.2. The smallest absolute Gasteiger partial charge is 0.268 e. The maximum Gasteiger partial charge on any atom is 0.268 e. The number of phosphoric ester groups is 1. The van der Waals surface area contributed by atoms with Crippen LogP contribution in [-0.2, 0) is 18.4 Å². The summed E-state index contributed by atoms with van der Waals surface area (Å²) in [6.45, 7) is 4.47. The van der Waals surface area contributed by atoms with E-state index in [9.17, 15) is 19.4 Å². The molecule has 9 heteroatoms. The zero-order valence-electron chi connectivity index (χ0n) is 49.9. The van der Waals surface area contributed by atoms with Crippen molar-refractivity contribution in [2.75, 3.05) is 40.9 Å². The molecule has 0 aromatic carbocycles. The SMILES string of the molecule is CC/C=C\C/C=C\C/C=C\C/C=C\C/C=C\C/C=C\CCCCCCCCCCCCCCCCCCCCCCCCC(=O)NC(COP(=O)([O-])OCC[N+](C)(C)C)C(O)/C=C/CC/C=C/CC/C=C/CCCCC. The molecule has 1 amide bonds. The molecule has 0 rings (SSSR count). The van der Waals surface area contributed by atoms with Crippen LogP contribution in [0.5, 0.6) is 0 Å². The van der Waals surface area contributed by atoms with Crippen LogP contribution in [0.15, 0.2) is 109 Å². The van der Waals surface area contributed by atoms with Gasteiger partial charge in [-0.1, -0.05) is 264 Å². The number of carbonyl (C=O) groups is 1. The number of unbranched alkanes of at least 4 members (excludes halogenated alkanes) is 27. The van der Waals surface area contributed by atoms with Crippen LogP contribution < -0.4 is 10.2 Å². The van der Waals surface area contributed by atoms with E-state index >= 15 is 0 Å². The molecule has 0 saturated heterocycles. The first-order chi connectivity index (χ1) is 37.0. The van der Waals surface area contributed by atoms with Gasteiger partial charge in [0.1, 0.15) is 13.2 Å². The summed E-state index contributed by atoms with van der Waals surface area (Å²) in [7, 11) is 1.23. The number of aliphatic hydroxyl groups excluding tert-OH is 1. The van der Waals surface area contributed by atoms with Gasteiger partial charge in [-0.25, -0.2) is 0 Å². The summed E-state index contributed by atoms with van der Waals surface area (Å²) in [5.41, 5.74) is 0. The van der Waals surface area contributed by atoms with Gasteiger partial charge in [0.15, 0.2) is 0 Å². The van der Waals surface area contributed by atoms with Crippen LogP contribution in [0.2, 0.25) is 0 Å². The van der Waals surface area contributed by atoms with Crippen LogP contribution in [0.3, 0.4) is 0 Å². The summed E-state index contributed by atoms with van der Waals surface area (Å²) in [6, 6.07) is -0.912. The first kappa shape index (κ1) is 73.2. The number of phosphoric acid groups is 1. The molecule has 0 aliphatic carbocycles. The van der Waals surface area contributed by atoms with Crippen molar-refractivity contribution in [3.63, 3.8) is 0 Å². The molecule has 2 N–H and O–H groups in total. The number of quaternary nitrogens is 1. The number of hydrogen-bond acceptors (Lipinski definition) is 6. The van der Waals surface area contributed by atoms with Crippen molar-refractivity contribution in [2.45, 2.75) is 270 Å². The molecule has 0 saturated carbocycles. The fourth-order valence-electron chi connectivity index (χ4n) is 8.60. The van der Waals surface area contributed by atoms with Crippen molar-refractivity contribution in [1.82, 2.24) is 5.32 Å². The second-order valence-electron chi connectivity index (χ2n) is 22.0. The lowest BCUT2D eigenvalue weighted by atomic mass is 10.0. The number of rotatable bonds is 56. The van der Waals surface area contributed by atoms with Gasteiger partial charge < -0.3 is 28.8 Å². The quantitative estimate of drug-likeness (QED) is 0.0272. The third-order valence-electron chi connectivity index (χ3n) is 13.4. The molecule has 438 valence electrons. The zero-order chi connectivity index (χ0) is 55.6. The Morgan fingerprint density at radius 2 is 0.816 bits per heavy atom. The predicted octanol–water partition coefficient (Wildman–Crippen LogP) is 18.9. The Kier molecular flexibility index (Phi) is 54.7. The highest BCUT2D eigenvalue weighted by molar-refractivity contribution is 7.45. The maximum atomic E-state index is 12.9. The average Bonchev–Trinajstić information content (AvgIpc) is 3.38. The topological polar surface area (TPSA) is 108 Å². The van der Waals surface area contributed by atoms with E-state index in [0.29, 0.717) is 17.4 Å². The molecular weight excluding hydrogens is 960 g/mol. The van der Waals surface area contributed by atoms with Crippen LogP contribution in [-0.4, -0.2) is 68.5 Å². The molecule has 0 fully saturated rings. The normalized spacial score (nSPS) is 14.6. The molecular formula is C67H119N2O6P. The van der Waals surface area contributed by atoms with E-state index in [1.165, 1.54) is 148 Å². The molecule has 3 unspecified atom stereocenters. The van der Waals surface area contributed by atoms with Crippen LogP contribution in [0, 0.1) is 0 Å². The third-order valence-corrected chi connectivity index (χ3v) is 14.4. The predicted molar refractivity (Wildman–Crippen MR) is 329 cm³/mol. The molecule has 8 nitrogen and oxygen atoms in total. The minimum atomic E-state index is -4.61. The molecule has 0 bridgehead atoms. The van der Waals surface area contributed by atoms with Crippen LogP contribution in [0.25, 0.3) is 0 Å². The van der Waals surface area contributed by atoms with Crippen molar-refractivity contribution in [2.24, 2.45) is 0 Å². The molecule has 0 aliphatic rings. The van der Waals surface area contributed by atoms with Gasteiger partial charge in [0.25, 0.3) is 7.82 Å². The number of amides is 1. The fourth-order valence-corrected chi connectivity index (χ4v) is 9.32. The average molecular weight is 1080 g/mol. The number of allylic oxidation sites excluding steroid dienone is 17. The molecule has 76 heavy (non-hydrogen) atoms. The Bertz CT molecular complexity index is 1600. The molecule has 0 heterocycles. The van der Waals surface area contributed by atoms with E-state index in [1.54, 1.807) is 6.08 Å². The van der Waals surface area contributed by atoms with Crippen molar-refractivity contribution < 1.29 is 32.9 Å². The largest absolute Gasteiger partial charge is 0.756 e. The van der Waals surface area contributed by atoms with Crippen LogP contribution in [0.4, 0.5) is 0 Å². The van der Waals surface area contributed by atoms with Gasteiger partial charge in [-0.15, -0.1) is 0 Å². The number of likely N-dealkylation sites (N-methyl/N-ethyl adjacent to an activating group) is 1. The third kappa shape index (κ3) is 58.8. The Hall–Kier alpha value is -2.84. The van der Waals surface area contributed by atoms with E-state index in [0.717, 1.165) is 89.9 Å². The van der Waals surface area contributed by atoms with Gasteiger partial charge in [-0.2, -0.15) is 0 Å². The minimum absolute atomic E-state index is 0.0114. The van der Waals surface area contributed by atoms with Crippen molar-refractivity contribution >= 4 is 13.7 Å². The zero-order valence-corrected chi connectivity index (χ0v) is 50.8. The van der Waals surface area contributed by atoms with E-state index in [1.807, 2.05) is 27.2 Å². The van der Waals surface area contributed by atoms with Gasteiger partial charge in [0.05, 0.1) is 39.9 Å². The molecule has 3 atom stereocenters. The summed E-state index contributed by atoms with van der Waals surface area (Å²) in [4.78, 5) is 25.5. The summed E-state index contributed by atoms with van der Waals surface area (Å²) in [6.07, 6.45) is 83.5. The number of hydrogen-bond donors (Lipinski definition) is 2. The van der Waals surface area contributed by atoms with Gasteiger partial charge >= 0.3 is 0 Å². The highest BCUT2D eigenvalue weighted by atomic mass is 31.2. The second kappa shape index (κ2) is 56.9. The monoisotopic (exact) mass is 1080 g/mol. The Balaban J connectivity index is 3.93. The van der Waals surface area contributed by atoms with E-state index in [2.05, 4.69) is 116 Å². The van der Waals surface area contributed by atoms with E-state index in [-0.39, 0.29) is 12.5 Å². The maximum absolute atomic E-state index is 12.9. The minimum Gasteiger partial charge on any atom is -0.756 e. The molecule has 0 aliphatic heterocycles. The molecule has 0 radical (unpaired) electrons. The first-order valence-corrected chi connectivity index (χ1v) is 32.7. The standard InChI is InChI=1S/C67H119N2O6P/c1-6-8-10-12-14-16-18-20-21-22-23-24-25-26-27-28-29-30-31-32-33-34-35-36-37-38-39-40-41-42-43-44-45-46-47-49-51-53-55-57-59-61-67(71)68-65(64-75-76(72,73)74-63-62-69(3,4)5)66(70)60-58-56-54-52-50-48-19-17-15-13-11-9-7-2/h8,10,14-17,20-21,23-24,26-27,29-30,50,52,58,60,65-66,70H,6-7,9,11-13,18-19,22,25,28,31-49,51,53-57,59,61-64H2,1-5H3,(H-,68,71,72,73)/b10-8-,16-14-,17-15+,21-20-,24-23-,27-26-,30-29-,52-50+,60-58+. The Labute approximate surface area is 470 Å². The van der Waals surface area contributed by atoms with Gasteiger partial charge in [0.2, 0.25) is 5.91 Å². The number of nitrogens with zero attached hydrogens (tertiary/aromatic N) is 1. The summed E-state index contributed by atoms with van der Waals surface area (Å²) < 4.78 is 23.3.